The van der Waals surface area contributed by atoms with Crippen molar-refractivity contribution in [3.63, 3.8) is 0 Å². The van der Waals surface area contributed by atoms with Gasteiger partial charge in [-0.05, 0) is 96.3 Å². The lowest BCUT2D eigenvalue weighted by Crippen LogP contribution is -2.30. The fourth-order valence-electron chi connectivity index (χ4n) is 9.78. The molecule has 0 bridgehead atoms. The van der Waals surface area contributed by atoms with Crippen LogP contribution >= 0.6 is 0 Å². The maximum absolute atomic E-state index is 12.9. The van der Waals surface area contributed by atoms with E-state index in [1.807, 2.05) is 0 Å². The van der Waals surface area contributed by atoms with Crippen molar-refractivity contribution in [2.24, 2.45) is 0 Å². The summed E-state index contributed by atoms with van der Waals surface area (Å²) in [7, 11) is 0. The monoisotopic (exact) mass is 1110 g/mol. The number of rotatable bonds is 62. The summed E-state index contributed by atoms with van der Waals surface area (Å²) in [6.07, 6.45) is 91.6. The molecule has 0 heterocycles. The lowest BCUT2D eigenvalue weighted by atomic mass is 10.0. The van der Waals surface area contributed by atoms with Crippen LogP contribution in [0.3, 0.4) is 0 Å². The highest BCUT2D eigenvalue weighted by Gasteiger charge is 2.19. The van der Waals surface area contributed by atoms with E-state index in [-0.39, 0.29) is 31.1 Å². The lowest BCUT2D eigenvalue weighted by molar-refractivity contribution is -0.167. The smallest absolute Gasteiger partial charge is 0.306 e. The molecule has 0 fully saturated rings. The molecule has 80 heavy (non-hydrogen) atoms. The standard InChI is InChI=1S/C74H128O6/c1-4-7-10-13-16-19-21-23-25-27-29-31-33-35-37-39-41-43-45-47-49-51-53-55-58-61-64-67-73(76)79-70-71(69-78-72(75)66-63-60-57-18-15-12-9-6-3)80-74(77)68-65-62-59-56-54-52-50-48-46-44-42-40-38-36-34-32-30-28-26-24-22-20-17-14-11-8-5-2/h7-8,10-11,16-17,19-20,23-26,29-32,71H,4-6,9,12-15,18,21-22,27-28,33-70H2,1-3H3/b10-7-,11-8-,19-16-,20-17-,25-23-,26-24-,31-29-,32-30-. The van der Waals surface area contributed by atoms with E-state index < -0.39 is 6.10 Å². The van der Waals surface area contributed by atoms with Crippen molar-refractivity contribution in [1.29, 1.82) is 0 Å². The van der Waals surface area contributed by atoms with Gasteiger partial charge in [0.15, 0.2) is 6.10 Å². The van der Waals surface area contributed by atoms with Gasteiger partial charge >= 0.3 is 17.9 Å². The van der Waals surface area contributed by atoms with Crippen LogP contribution in [0.2, 0.25) is 0 Å². The number of carbonyl (C=O) groups is 3. The number of unbranched alkanes of at least 4 members (excludes halogenated alkanes) is 35. The molecule has 0 aliphatic carbocycles. The van der Waals surface area contributed by atoms with Crippen molar-refractivity contribution in [1.82, 2.24) is 0 Å². The first-order valence-corrected chi connectivity index (χ1v) is 34.2. The van der Waals surface area contributed by atoms with E-state index in [1.54, 1.807) is 0 Å². The highest BCUT2D eigenvalue weighted by atomic mass is 16.6. The summed E-state index contributed by atoms with van der Waals surface area (Å²) >= 11 is 0. The second kappa shape index (κ2) is 67.8. The predicted molar refractivity (Wildman–Crippen MR) is 348 cm³/mol. The molecule has 0 aliphatic heterocycles. The molecule has 1 atom stereocenters. The van der Waals surface area contributed by atoms with E-state index in [2.05, 4.69) is 118 Å². The minimum atomic E-state index is -0.775. The summed E-state index contributed by atoms with van der Waals surface area (Å²) in [6.45, 7) is 6.42. The Morgan fingerprint density at radius 1 is 0.263 bits per heavy atom. The van der Waals surface area contributed by atoms with Crippen LogP contribution in [0.4, 0.5) is 0 Å². The van der Waals surface area contributed by atoms with Crippen molar-refractivity contribution < 1.29 is 28.6 Å². The Labute approximate surface area is 496 Å². The van der Waals surface area contributed by atoms with Gasteiger partial charge in [0.2, 0.25) is 0 Å². The Morgan fingerprint density at radius 3 is 0.762 bits per heavy atom. The van der Waals surface area contributed by atoms with Gasteiger partial charge in [0.1, 0.15) is 13.2 Å². The molecule has 0 aromatic heterocycles. The zero-order chi connectivity index (χ0) is 57.8. The molecule has 0 aromatic carbocycles. The molecule has 0 aromatic rings. The summed E-state index contributed by atoms with van der Waals surface area (Å²) in [5.74, 6) is -0.864. The van der Waals surface area contributed by atoms with Crippen LogP contribution in [0.5, 0.6) is 0 Å². The van der Waals surface area contributed by atoms with Gasteiger partial charge < -0.3 is 14.2 Å². The molecule has 0 radical (unpaired) electrons. The molecular formula is C74H128O6. The molecule has 1 unspecified atom stereocenters. The van der Waals surface area contributed by atoms with E-state index in [1.165, 1.54) is 186 Å². The molecule has 6 nitrogen and oxygen atoms in total. The quantitative estimate of drug-likeness (QED) is 0.0261. The lowest BCUT2D eigenvalue weighted by Gasteiger charge is -2.18. The van der Waals surface area contributed by atoms with Crippen molar-refractivity contribution in [3.05, 3.63) is 97.2 Å². The minimum Gasteiger partial charge on any atom is -0.462 e. The third-order valence-corrected chi connectivity index (χ3v) is 14.8. The highest BCUT2D eigenvalue weighted by molar-refractivity contribution is 5.71. The zero-order valence-corrected chi connectivity index (χ0v) is 52.8. The van der Waals surface area contributed by atoms with Crippen molar-refractivity contribution in [2.75, 3.05) is 13.2 Å². The molecule has 0 spiro atoms. The first kappa shape index (κ1) is 76.3. The molecule has 0 rings (SSSR count). The van der Waals surface area contributed by atoms with Gasteiger partial charge in [0, 0.05) is 19.3 Å². The normalized spacial score (nSPS) is 12.7. The van der Waals surface area contributed by atoms with Gasteiger partial charge in [-0.25, -0.2) is 0 Å². The van der Waals surface area contributed by atoms with E-state index in [4.69, 9.17) is 14.2 Å². The Hall–Kier alpha value is -3.67. The van der Waals surface area contributed by atoms with Crippen LogP contribution in [0, 0.1) is 0 Å². The molecule has 0 amide bonds. The fraction of sp³-hybridized carbons (Fsp3) is 0.743. The van der Waals surface area contributed by atoms with Crippen molar-refractivity contribution >= 4 is 17.9 Å². The summed E-state index contributed by atoms with van der Waals surface area (Å²) < 4.78 is 16.9. The summed E-state index contributed by atoms with van der Waals surface area (Å²) in [6, 6.07) is 0. The van der Waals surface area contributed by atoms with Crippen LogP contribution in [0.25, 0.3) is 0 Å². The highest BCUT2D eigenvalue weighted by Crippen LogP contribution is 2.17. The minimum absolute atomic E-state index is 0.0735. The van der Waals surface area contributed by atoms with E-state index in [0.717, 1.165) is 109 Å². The second-order valence-corrected chi connectivity index (χ2v) is 22.7. The SMILES string of the molecule is CC/C=C\C/C=C\C/C=C\C/C=C\CCCCCCCCCCCCCCCCC(=O)OCC(COC(=O)CCCCCCCCCC)OC(=O)CCCCCCCCCCCCCCCC/C=C\C/C=C\C/C=C\C/C=C\CC. The third kappa shape index (κ3) is 65.1. The molecule has 0 N–H and O–H groups in total. The van der Waals surface area contributed by atoms with Crippen LogP contribution < -0.4 is 0 Å². The molecule has 0 saturated heterocycles. The largest absolute Gasteiger partial charge is 0.462 e. The van der Waals surface area contributed by atoms with E-state index >= 15 is 0 Å². The van der Waals surface area contributed by atoms with Gasteiger partial charge in [-0.2, -0.15) is 0 Å². The predicted octanol–water partition coefficient (Wildman–Crippen LogP) is 23.6. The summed E-state index contributed by atoms with van der Waals surface area (Å²) in [4.78, 5) is 38.2. The van der Waals surface area contributed by atoms with Crippen LogP contribution in [-0.4, -0.2) is 37.2 Å². The van der Waals surface area contributed by atoms with Crippen molar-refractivity contribution in [3.8, 4) is 0 Å². The Morgan fingerprint density at radius 2 is 0.487 bits per heavy atom. The van der Waals surface area contributed by atoms with E-state index in [9.17, 15) is 14.4 Å². The van der Waals surface area contributed by atoms with Gasteiger partial charge in [0.05, 0.1) is 0 Å². The van der Waals surface area contributed by atoms with Crippen molar-refractivity contribution in [2.45, 2.75) is 341 Å². The maximum atomic E-state index is 12.9. The number of hydrogen-bond donors (Lipinski definition) is 0. The Balaban J connectivity index is 4.12. The van der Waals surface area contributed by atoms with Crippen LogP contribution in [0.15, 0.2) is 97.2 Å². The van der Waals surface area contributed by atoms with Gasteiger partial charge in [0.25, 0.3) is 0 Å². The second-order valence-electron chi connectivity index (χ2n) is 22.7. The fourth-order valence-corrected chi connectivity index (χ4v) is 9.78. The third-order valence-electron chi connectivity index (χ3n) is 14.8. The Kier molecular flexibility index (Phi) is 64.7. The zero-order valence-electron chi connectivity index (χ0n) is 52.8. The number of ether oxygens (including phenoxy) is 3. The van der Waals surface area contributed by atoms with Crippen LogP contribution in [0.1, 0.15) is 335 Å². The average molecular weight is 1110 g/mol. The van der Waals surface area contributed by atoms with Gasteiger partial charge in [-0.3, -0.25) is 14.4 Å². The summed E-state index contributed by atoms with van der Waals surface area (Å²) in [5, 5.41) is 0. The van der Waals surface area contributed by atoms with Crippen LogP contribution in [-0.2, 0) is 28.6 Å². The average Bonchev–Trinajstić information content (AvgIpc) is 3.46. The molecular weight excluding hydrogens is 985 g/mol. The molecule has 0 aliphatic rings. The topological polar surface area (TPSA) is 78.9 Å². The number of carbonyl (C=O) groups excluding carboxylic acids is 3. The van der Waals surface area contributed by atoms with Gasteiger partial charge in [-0.1, -0.05) is 317 Å². The van der Waals surface area contributed by atoms with E-state index in [0.29, 0.717) is 19.3 Å². The summed E-state index contributed by atoms with van der Waals surface area (Å²) in [5.41, 5.74) is 0. The number of allylic oxidation sites excluding steroid dienone is 16. The molecule has 6 heteroatoms. The Bertz CT molecular complexity index is 1560. The molecule has 0 saturated carbocycles. The first-order valence-electron chi connectivity index (χ1n) is 34.2. The van der Waals surface area contributed by atoms with Gasteiger partial charge in [-0.15, -0.1) is 0 Å². The first-order chi connectivity index (χ1) is 39.5. The molecule has 460 valence electrons. The maximum Gasteiger partial charge on any atom is 0.306 e. The number of hydrogen-bond acceptors (Lipinski definition) is 6. The number of esters is 3.